The minimum Gasteiger partial charge on any atom is -0.430 e. The molecule has 3 aromatic carbocycles. The molecule has 0 spiro atoms. The molecule has 2 atom stereocenters. The largest absolute Gasteiger partial charge is 0.491 e. The lowest BCUT2D eigenvalue weighted by Gasteiger charge is -2.42. The summed E-state index contributed by atoms with van der Waals surface area (Å²) >= 11 is 5.86. The molecule has 0 heterocycles. The summed E-state index contributed by atoms with van der Waals surface area (Å²) in [6.45, 7) is 1.18. The van der Waals surface area contributed by atoms with Gasteiger partial charge in [0, 0.05) is 10.6 Å². The molecule has 0 fully saturated rings. The van der Waals surface area contributed by atoms with Gasteiger partial charge in [-0.1, -0.05) is 78.3 Å². The predicted molar refractivity (Wildman–Crippen MR) is 111 cm³/mol. The van der Waals surface area contributed by atoms with E-state index in [2.05, 4.69) is 4.74 Å². The average Bonchev–Trinajstić information content (AvgIpc) is 2.74. The molecule has 0 aliphatic heterocycles. The lowest BCUT2D eigenvalue weighted by Crippen LogP contribution is -2.58. The van der Waals surface area contributed by atoms with Gasteiger partial charge in [-0.25, -0.2) is 4.79 Å². The molecule has 3 rings (SSSR count). The van der Waals surface area contributed by atoms with Gasteiger partial charge in [0.05, 0.1) is 0 Å². The molecule has 162 valence electrons. The monoisotopic (exact) mass is 449 g/mol. The van der Waals surface area contributed by atoms with E-state index in [1.807, 2.05) is 30.3 Å². The molecule has 0 aromatic heterocycles. The molecule has 2 unspecified atom stereocenters. The Hall–Kier alpha value is -2.87. The predicted octanol–water partition coefficient (Wildman–Crippen LogP) is 5.13. The van der Waals surface area contributed by atoms with Crippen molar-refractivity contribution < 1.29 is 27.8 Å². The Labute approximate surface area is 182 Å². The van der Waals surface area contributed by atoms with Gasteiger partial charge in [0.1, 0.15) is 5.60 Å². The van der Waals surface area contributed by atoms with Crippen molar-refractivity contribution in [3.8, 4) is 11.1 Å². The highest BCUT2D eigenvalue weighted by molar-refractivity contribution is 6.30. The molecule has 0 saturated heterocycles. The topological polar surface area (TPSA) is 72.6 Å². The number of alkyl halides is 3. The van der Waals surface area contributed by atoms with Gasteiger partial charge in [0.25, 0.3) is 0 Å². The van der Waals surface area contributed by atoms with Crippen molar-refractivity contribution in [3.63, 3.8) is 0 Å². The number of carbonyl (C=O) groups excluding carboxylic acids is 1. The van der Waals surface area contributed by atoms with Crippen LogP contribution in [0.25, 0.3) is 11.1 Å². The Bertz CT molecular complexity index is 1050. The van der Waals surface area contributed by atoms with Gasteiger partial charge in [0.15, 0.2) is 0 Å². The second kappa shape index (κ2) is 8.34. The summed E-state index contributed by atoms with van der Waals surface area (Å²) in [5, 5.41) is 11.6. The summed E-state index contributed by atoms with van der Waals surface area (Å²) in [4.78, 5) is 11.7. The molecule has 0 saturated carbocycles. The van der Waals surface area contributed by atoms with Crippen LogP contribution in [-0.2, 0) is 20.9 Å². The summed E-state index contributed by atoms with van der Waals surface area (Å²) in [5.74, 6) is -2.52. The first-order valence-electron chi connectivity index (χ1n) is 9.18. The molecule has 3 N–H and O–H groups in total. The second-order valence-corrected chi connectivity index (χ2v) is 7.58. The summed E-state index contributed by atoms with van der Waals surface area (Å²) < 4.78 is 43.6. The lowest BCUT2D eigenvalue weighted by atomic mass is 9.80. The molecular formula is C23H19ClF3NO3. The molecule has 0 radical (unpaired) electrons. The third-order valence-electron chi connectivity index (χ3n) is 5.04. The van der Waals surface area contributed by atoms with Gasteiger partial charge in [-0.2, -0.15) is 13.2 Å². The normalized spacial score (nSPS) is 15.6. The standard InChI is InChI=1S/C23H19ClF3NO3/c1-21(30,17-9-7-16(8-10-17)15-5-3-2-4-6-15)22(28,31-20(29)23(25,26)27)18-11-13-19(24)14-12-18/h2-14,30H,28H2,1H3. The van der Waals surface area contributed by atoms with Crippen LogP contribution in [0.3, 0.4) is 0 Å². The minimum absolute atomic E-state index is 0.0633. The van der Waals surface area contributed by atoms with Crippen molar-refractivity contribution in [1.29, 1.82) is 0 Å². The number of aliphatic hydroxyl groups is 1. The molecule has 3 aromatic rings. The number of hydrogen-bond donors (Lipinski definition) is 2. The SMILES string of the molecule is CC(O)(c1ccc(-c2ccccc2)cc1)C(N)(OC(=O)C(F)(F)F)c1ccc(Cl)cc1. The maximum absolute atomic E-state index is 13.0. The number of ether oxygens (including phenoxy) is 1. The lowest BCUT2D eigenvalue weighted by molar-refractivity contribution is -0.239. The van der Waals surface area contributed by atoms with Crippen LogP contribution in [0.15, 0.2) is 78.9 Å². The molecular weight excluding hydrogens is 431 g/mol. The molecule has 0 bridgehead atoms. The molecule has 0 amide bonds. The van der Waals surface area contributed by atoms with Gasteiger partial charge in [-0.05, 0) is 35.7 Å². The average molecular weight is 450 g/mol. The van der Waals surface area contributed by atoms with E-state index in [1.165, 1.54) is 43.3 Å². The maximum Gasteiger partial charge on any atom is 0.491 e. The Morgan fingerprint density at radius 1 is 0.871 bits per heavy atom. The highest BCUT2D eigenvalue weighted by atomic mass is 35.5. The van der Waals surface area contributed by atoms with Gasteiger partial charge >= 0.3 is 12.1 Å². The number of hydrogen-bond acceptors (Lipinski definition) is 4. The Morgan fingerprint density at radius 2 is 1.35 bits per heavy atom. The summed E-state index contributed by atoms with van der Waals surface area (Å²) in [6.07, 6.45) is -5.30. The second-order valence-electron chi connectivity index (χ2n) is 7.15. The van der Waals surface area contributed by atoms with Crippen molar-refractivity contribution in [2.75, 3.05) is 0 Å². The zero-order valence-electron chi connectivity index (χ0n) is 16.4. The van der Waals surface area contributed by atoms with Gasteiger partial charge in [-0.15, -0.1) is 0 Å². The minimum atomic E-state index is -5.30. The van der Waals surface area contributed by atoms with Gasteiger partial charge in [0.2, 0.25) is 5.72 Å². The Balaban J connectivity index is 2.06. The summed E-state index contributed by atoms with van der Waals surface area (Å²) in [6, 6.07) is 21.1. The van der Waals surface area contributed by atoms with E-state index in [4.69, 9.17) is 17.3 Å². The zero-order chi connectivity index (χ0) is 22.9. The van der Waals surface area contributed by atoms with Crippen molar-refractivity contribution in [1.82, 2.24) is 0 Å². The zero-order valence-corrected chi connectivity index (χ0v) is 17.1. The number of carbonyl (C=O) groups is 1. The Kier molecular flexibility index (Phi) is 6.14. The van der Waals surface area contributed by atoms with E-state index in [0.717, 1.165) is 11.1 Å². The van der Waals surface area contributed by atoms with E-state index in [-0.39, 0.29) is 11.1 Å². The third kappa shape index (κ3) is 4.58. The first-order chi connectivity index (χ1) is 14.4. The highest BCUT2D eigenvalue weighted by Gasteiger charge is 2.54. The van der Waals surface area contributed by atoms with E-state index in [1.54, 1.807) is 12.1 Å². The number of halogens is 4. The van der Waals surface area contributed by atoms with Crippen molar-refractivity contribution in [3.05, 3.63) is 95.0 Å². The number of nitrogens with two attached hydrogens (primary N) is 1. The van der Waals surface area contributed by atoms with Gasteiger partial charge < -0.3 is 9.84 Å². The van der Waals surface area contributed by atoms with E-state index < -0.39 is 23.5 Å². The summed E-state index contributed by atoms with van der Waals surface area (Å²) in [5.41, 5.74) is 3.23. The molecule has 31 heavy (non-hydrogen) atoms. The molecule has 0 aliphatic carbocycles. The first kappa shape index (κ1) is 22.8. The fraction of sp³-hybridized carbons (Fsp3) is 0.174. The molecule has 8 heteroatoms. The van der Waals surface area contributed by atoms with Crippen LogP contribution in [0, 0.1) is 0 Å². The Morgan fingerprint density at radius 3 is 1.87 bits per heavy atom. The van der Waals surface area contributed by atoms with Crippen LogP contribution in [0.5, 0.6) is 0 Å². The quantitative estimate of drug-likeness (QED) is 0.418. The van der Waals surface area contributed by atoms with Gasteiger partial charge in [-0.3, -0.25) is 5.73 Å². The third-order valence-corrected chi connectivity index (χ3v) is 5.29. The number of rotatable bonds is 5. The van der Waals surface area contributed by atoms with E-state index in [9.17, 15) is 23.1 Å². The number of esters is 1. The number of benzene rings is 3. The van der Waals surface area contributed by atoms with Crippen LogP contribution >= 0.6 is 11.6 Å². The van der Waals surface area contributed by atoms with Crippen LogP contribution in [-0.4, -0.2) is 17.3 Å². The fourth-order valence-corrected chi connectivity index (χ4v) is 3.30. The smallest absolute Gasteiger partial charge is 0.430 e. The highest BCUT2D eigenvalue weighted by Crippen LogP contribution is 2.41. The molecule has 0 aliphatic rings. The van der Waals surface area contributed by atoms with Crippen molar-refractivity contribution in [2.24, 2.45) is 5.73 Å². The van der Waals surface area contributed by atoms with Crippen LogP contribution in [0.2, 0.25) is 5.02 Å². The summed E-state index contributed by atoms with van der Waals surface area (Å²) in [7, 11) is 0. The maximum atomic E-state index is 13.0. The van der Waals surface area contributed by atoms with Crippen LogP contribution in [0.1, 0.15) is 18.1 Å². The van der Waals surface area contributed by atoms with Crippen molar-refractivity contribution in [2.45, 2.75) is 24.4 Å². The van der Waals surface area contributed by atoms with Crippen molar-refractivity contribution >= 4 is 17.6 Å². The van der Waals surface area contributed by atoms with Crippen LogP contribution in [0.4, 0.5) is 13.2 Å². The van der Waals surface area contributed by atoms with Crippen LogP contribution < -0.4 is 5.73 Å². The van der Waals surface area contributed by atoms with E-state index >= 15 is 0 Å². The first-order valence-corrected chi connectivity index (χ1v) is 9.56. The molecule has 4 nitrogen and oxygen atoms in total. The van der Waals surface area contributed by atoms with E-state index in [0.29, 0.717) is 5.02 Å². The fourth-order valence-electron chi connectivity index (χ4n) is 3.17.